The van der Waals surface area contributed by atoms with Crippen LogP contribution in [-0.2, 0) is 0 Å². The van der Waals surface area contributed by atoms with Gasteiger partial charge in [0.25, 0.3) is 0 Å². The quantitative estimate of drug-likeness (QED) is 0.816. The maximum Gasteiger partial charge on any atom is 0.129 e. The molecule has 1 aromatic rings. The fraction of sp³-hybridized carbons (Fsp3) is 0.357. The lowest BCUT2D eigenvalue weighted by atomic mass is 10.2. The zero-order valence-electron chi connectivity index (χ0n) is 10.8. The lowest BCUT2D eigenvalue weighted by Crippen LogP contribution is -2.17. The summed E-state index contributed by atoms with van der Waals surface area (Å²) in [6.45, 7) is 5.01. The van der Waals surface area contributed by atoms with Crippen molar-refractivity contribution in [2.45, 2.75) is 26.3 Å². The van der Waals surface area contributed by atoms with Crippen LogP contribution >= 0.6 is 11.3 Å². The lowest BCUT2D eigenvalue weighted by molar-refractivity contribution is 0.783. The summed E-state index contributed by atoms with van der Waals surface area (Å²) in [5.74, 6) is 0.625. The van der Waals surface area contributed by atoms with E-state index in [-0.39, 0.29) is 6.04 Å². The Kier molecular flexibility index (Phi) is 4.20. The Labute approximate surface area is 112 Å². The summed E-state index contributed by atoms with van der Waals surface area (Å²) in [5, 5.41) is 4.49. The highest BCUT2D eigenvalue weighted by molar-refractivity contribution is 7.16. The summed E-state index contributed by atoms with van der Waals surface area (Å²) in [4.78, 5) is 5.84. The first kappa shape index (κ1) is 12.9. The van der Waals surface area contributed by atoms with Crippen molar-refractivity contribution < 1.29 is 0 Å². The van der Waals surface area contributed by atoms with Crippen molar-refractivity contribution in [3.8, 4) is 0 Å². The number of allylic oxidation sites excluding steroid dienone is 2. The summed E-state index contributed by atoms with van der Waals surface area (Å²) in [5.41, 5.74) is 7.16. The van der Waals surface area contributed by atoms with Gasteiger partial charge in [0.2, 0.25) is 0 Å². The van der Waals surface area contributed by atoms with Crippen molar-refractivity contribution in [2.75, 3.05) is 11.9 Å². The first-order valence-electron chi connectivity index (χ1n) is 6.22. The number of amidine groups is 1. The van der Waals surface area contributed by atoms with E-state index in [1.807, 2.05) is 12.2 Å². The van der Waals surface area contributed by atoms with Crippen LogP contribution in [0.2, 0.25) is 0 Å². The van der Waals surface area contributed by atoms with Gasteiger partial charge in [-0.15, -0.1) is 11.3 Å². The monoisotopic (exact) mass is 261 g/mol. The Morgan fingerprint density at radius 1 is 1.50 bits per heavy atom. The van der Waals surface area contributed by atoms with Gasteiger partial charge in [-0.2, -0.15) is 0 Å². The van der Waals surface area contributed by atoms with Gasteiger partial charge in [-0.3, -0.25) is 4.99 Å². The van der Waals surface area contributed by atoms with E-state index in [0.717, 1.165) is 23.5 Å². The molecule has 18 heavy (non-hydrogen) atoms. The molecule has 2 heterocycles. The third kappa shape index (κ3) is 3.01. The number of hydrogen-bond acceptors (Lipinski definition) is 4. The van der Waals surface area contributed by atoms with E-state index in [4.69, 9.17) is 5.73 Å². The molecule has 0 amide bonds. The van der Waals surface area contributed by atoms with E-state index in [2.05, 4.69) is 42.4 Å². The molecule has 3 nitrogen and oxygen atoms in total. The first-order valence-corrected chi connectivity index (χ1v) is 7.03. The van der Waals surface area contributed by atoms with Crippen LogP contribution in [0.15, 0.2) is 35.4 Å². The van der Waals surface area contributed by atoms with Crippen LogP contribution in [-0.4, -0.2) is 18.4 Å². The summed E-state index contributed by atoms with van der Waals surface area (Å²) >= 11 is 1.72. The topological polar surface area (TPSA) is 50.4 Å². The highest BCUT2D eigenvalue weighted by atomic mass is 32.1. The molecule has 1 aliphatic rings. The number of aryl methyl sites for hydroxylation is 1. The molecule has 3 N–H and O–H groups in total. The van der Waals surface area contributed by atoms with Gasteiger partial charge in [0.15, 0.2) is 0 Å². The Hall–Kier alpha value is -1.55. The minimum Gasteiger partial charge on any atom is -0.383 e. The van der Waals surface area contributed by atoms with E-state index in [1.54, 1.807) is 11.3 Å². The second-order valence-electron chi connectivity index (χ2n) is 4.28. The number of nitrogens with zero attached hydrogens (tertiary/aromatic N) is 1. The lowest BCUT2D eigenvalue weighted by Gasteiger charge is -2.07. The van der Waals surface area contributed by atoms with Crippen molar-refractivity contribution >= 4 is 22.2 Å². The van der Waals surface area contributed by atoms with E-state index >= 15 is 0 Å². The predicted molar refractivity (Wildman–Crippen MR) is 80.6 cm³/mol. The summed E-state index contributed by atoms with van der Waals surface area (Å²) in [6, 6.07) is 2.25. The van der Waals surface area contributed by atoms with Crippen LogP contribution < -0.4 is 11.1 Å². The zero-order chi connectivity index (χ0) is 13.0. The molecule has 0 radical (unpaired) electrons. The molecule has 0 spiro atoms. The Morgan fingerprint density at radius 2 is 2.33 bits per heavy atom. The molecule has 1 aliphatic heterocycles. The molecule has 0 fully saturated rings. The number of rotatable bonds is 1. The third-order valence-electron chi connectivity index (χ3n) is 2.82. The minimum absolute atomic E-state index is 0.154. The highest BCUT2D eigenvalue weighted by Crippen LogP contribution is 2.27. The van der Waals surface area contributed by atoms with Gasteiger partial charge in [-0.1, -0.05) is 31.2 Å². The number of fused-ring (bicyclic) bond motifs is 1. The molecule has 2 rings (SSSR count). The van der Waals surface area contributed by atoms with Gasteiger partial charge in [0.1, 0.15) is 5.84 Å². The Bertz CT molecular complexity index is 497. The normalized spacial score (nSPS) is 23.2. The highest BCUT2D eigenvalue weighted by Gasteiger charge is 2.11. The molecule has 0 aliphatic carbocycles. The fourth-order valence-electron chi connectivity index (χ4n) is 1.85. The molecule has 0 saturated carbocycles. The molecule has 0 bridgehead atoms. The van der Waals surface area contributed by atoms with Gasteiger partial charge < -0.3 is 11.1 Å². The average Bonchev–Trinajstić information content (AvgIpc) is 2.71. The van der Waals surface area contributed by atoms with E-state index in [9.17, 15) is 0 Å². The van der Waals surface area contributed by atoms with Gasteiger partial charge in [-0.25, -0.2) is 0 Å². The first-order chi connectivity index (χ1) is 8.70. The second-order valence-corrected chi connectivity index (χ2v) is 5.54. The van der Waals surface area contributed by atoms with Crippen LogP contribution in [0.1, 0.15) is 23.8 Å². The number of thiophene rings is 1. The number of hydrogen-bond donors (Lipinski definition) is 2. The van der Waals surface area contributed by atoms with Crippen LogP contribution in [0.25, 0.3) is 0 Å². The summed E-state index contributed by atoms with van der Waals surface area (Å²) < 4.78 is 0. The molecule has 1 unspecified atom stereocenters. The molecular weight excluding hydrogens is 242 g/mol. The van der Waals surface area contributed by atoms with Crippen molar-refractivity contribution in [2.24, 2.45) is 10.7 Å². The van der Waals surface area contributed by atoms with Crippen molar-refractivity contribution in [1.29, 1.82) is 0 Å². The molecule has 4 heteroatoms. The van der Waals surface area contributed by atoms with Gasteiger partial charge in [-0.05, 0) is 19.4 Å². The number of nitrogens with two attached hydrogens (primary N) is 1. The van der Waals surface area contributed by atoms with Crippen LogP contribution in [0.3, 0.4) is 0 Å². The van der Waals surface area contributed by atoms with Crippen LogP contribution in [0.4, 0.5) is 5.00 Å². The van der Waals surface area contributed by atoms with Crippen LogP contribution in [0, 0.1) is 6.92 Å². The average molecular weight is 261 g/mol. The van der Waals surface area contributed by atoms with Gasteiger partial charge in [0, 0.05) is 11.4 Å². The number of anilines is 1. The van der Waals surface area contributed by atoms with E-state index < -0.39 is 0 Å². The summed E-state index contributed by atoms with van der Waals surface area (Å²) in [7, 11) is 0. The maximum atomic E-state index is 6.13. The second kappa shape index (κ2) is 5.87. The van der Waals surface area contributed by atoms with Crippen LogP contribution in [0.5, 0.6) is 0 Å². The van der Waals surface area contributed by atoms with Gasteiger partial charge in [0.05, 0.1) is 16.6 Å². The van der Waals surface area contributed by atoms with Crippen molar-refractivity contribution in [1.82, 2.24) is 0 Å². The standard InChI is InChI=1S/C14H19N3S/c1-3-11-7-5-4-6-8-16-14-12(13(15)17-11)9-10(2)18-14/h4-7,9,11,16H,3,8H2,1-2H3,(H2,15,17)/b6-4-,7-5-. The Morgan fingerprint density at radius 3 is 3.11 bits per heavy atom. The molecule has 96 valence electrons. The van der Waals surface area contributed by atoms with Crippen molar-refractivity contribution in [3.05, 3.63) is 40.8 Å². The fourth-order valence-corrected chi connectivity index (χ4v) is 2.77. The molecular formula is C14H19N3S. The van der Waals surface area contributed by atoms with E-state index in [1.165, 1.54) is 4.88 Å². The third-order valence-corrected chi connectivity index (χ3v) is 3.82. The molecule has 0 saturated heterocycles. The smallest absolute Gasteiger partial charge is 0.129 e. The molecule has 0 aromatic carbocycles. The molecule has 1 aromatic heterocycles. The molecule has 1 atom stereocenters. The SMILES string of the molecule is CCC1/C=C\C=C/CNc2sc(C)cc2C(N)=N1. The van der Waals surface area contributed by atoms with Gasteiger partial charge >= 0.3 is 0 Å². The van der Waals surface area contributed by atoms with E-state index in [0.29, 0.717) is 5.84 Å². The predicted octanol–water partition coefficient (Wildman–Crippen LogP) is 3.08. The minimum atomic E-state index is 0.154. The Balaban J connectivity index is 2.41. The number of aliphatic imine (C=N–C) groups is 1. The summed E-state index contributed by atoms with van der Waals surface area (Å²) in [6.07, 6.45) is 9.23. The largest absolute Gasteiger partial charge is 0.383 e. The van der Waals surface area contributed by atoms with Crippen molar-refractivity contribution in [3.63, 3.8) is 0 Å². The maximum absolute atomic E-state index is 6.13. The number of nitrogens with one attached hydrogen (secondary N) is 1. The zero-order valence-corrected chi connectivity index (χ0v) is 11.6.